The van der Waals surface area contributed by atoms with Crippen molar-refractivity contribution in [1.29, 1.82) is 0 Å². The predicted molar refractivity (Wildman–Crippen MR) is 111 cm³/mol. The van der Waals surface area contributed by atoms with Gasteiger partial charge < -0.3 is 9.64 Å². The molecule has 3 rings (SSSR count). The molecule has 1 aromatic rings. The quantitative estimate of drug-likeness (QED) is 0.549. The number of aryl methyl sites for hydroxylation is 1. The van der Waals surface area contributed by atoms with Gasteiger partial charge in [0.1, 0.15) is 0 Å². The number of esters is 1. The monoisotopic (exact) mass is 460 g/mol. The Labute approximate surface area is 178 Å². The van der Waals surface area contributed by atoms with E-state index in [-0.39, 0.29) is 36.6 Å². The molecule has 0 aromatic heterocycles. The fourth-order valence-corrected chi connectivity index (χ4v) is 6.85. The number of hydrogen-bond acceptors (Lipinski definition) is 7. The second-order valence-electron chi connectivity index (χ2n) is 7.49. The molecule has 2 aliphatic heterocycles. The molecule has 12 heteroatoms. The largest absolute Gasteiger partial charge is 0.465 e. The van der Waals surface area contributed by atoms with Gasteiger partial charge in [0.25, 0.3) is 10.2 Å². The highest BCUT2D eigenvalue weighted by Gasteiger charge is 2.37. The summed E-state index contributed by atoms with van der Waals surface area (Å²) in [6.45, 7) is 4.20. The van der Waals surface area contributed by atoms with E-state index in [4.69, 9.17) is 0 Å². The van der Waals surface area contributed by atoms with Crippen molar-refractivity contribution in [2.75, 3.05) is 66.5 Å². The number of nitrogens with zero attached hydrogens (tertiary/aromatic N) is 4. The molecule has 30 heavy (non-hydrogen) atoms. The summed E-state index contributed by atoms with van der Waals surface area (Å²) in [5, 5.41) is 0. The third-order valence-electron chi connectivity index (χ3n) is 5.53. The Hall–Kier alpha value is -1.57. The van der Waals surface area contributed by atoms with Gasteiger partial charge >= 0.3 is 5.97 Å². The molecule has 0 spiro atoms. The first kappa shape index (κ1) is 23.1. The molecule has 2 fully saturated rings. The molecule has 0 aliphatic carbocycles. The highest BCUT2D eigenvalue weighted by molar-refractivity contribution is 7.89. The third kappa shape index (κ3) is 4.53. The number of hydrogen-bond donors (Lipinski definition) is 0. The van der Waals surface area contributed by atoms with E-state index in [1.165, 1.54) is 38.2 Å². The molecule has 2 heterocycles. The van der Waals surface area contributed by atoms with Crippen LogP contribution in [0.1, 0.15) is 15.9 Å². The molecule has 2 aliphatic rings. The lowest BCUT2D eigenvalue weighted by Crippen LogP contribution is -2.57. The number of sulfonamides is 1. The van der Waals surface area contributed by atoms with Crippen LogP contribution >= 0.6 is 0 Å². The van der Waals surface area contributed by atoms with Gasteiger partial charge in [0.2, 0.25) is 10.0 Å². The minimum absolute atomic E-state index is 0.0769. The van der Waals surface area contributed by atoms with Crippen molar-refractivity contribution in [2.24, 2.45) is 0 Å². The summed E-state index contributed by atoms with van der Waals surface area (Å²) in [5.74, 6) is -0.537. The summed E-state index contributed by atoms with van der Waals surface area (Å²) >= 11 is 0. The number of carbonyl (C=O) groups is 1. The van der Waals surface area contributed by atoms with Crippen LogP contribution in [-0.2, 0) is 25.0 Å². The Morgan fingerprint density at radius 3 is 1.87 bits per heavy atom. The number of piperazine rings is 2. The molecule has 0 atom stereocenters. The van der Waals surface area contributed by atoms with E-state index in [0.717, 1.165) is 0 Å². The summed E-state index contributed by atoms with van der Waals surface area (Å²) in [4.78, 5) is 13.8. The van der Waals surface area contributed by atoms with Gasteiger partial charge in [0.05, 0.1) is 17.6 Å². The summed E-state index contributed by atoms with van der Waals surface area (Å²) in [7, 11) is -4.19. The molecule has 0 saturated carbocycles. The van der Waals surface area contributed by atoms with Gasteiger partial charge in [0.15, 0.2) is 0 Å². The van der Waals surface area contributed by atoms with Crippen LogP contribution in [0.5, 0.6) is 0 Å². The molecule has 1 aromatic carbocycles. The normalized spacial score (nSPS) is 20.9. The molecule has 0 unspecified atom stereocenters. The van der Waals surface area contributed by atoms with Crippen LogP contribution in [0.15, 0.2) is 23.1 Å². The lowest BCUT2D eigenvalue weighted by atomic mass is 10.1. The zero-order valence-corrected chi connectivity index (χ0v) is 19.1. The zero-order chi connectivity index (χ0) is 22.1. The smallest absolute Gasteiger partial charge is 0.337 e. The van der Waals surface area contributed by atoms with Crippen molar-refractivity contribution in [1.82, 2.24) is 17.8 Å². The van der Waals surface area contributed by atoms with Crippen LogP contribution in [-0.4, -0.2) is 107 Å². The summed E-state index contributed by atoms with van der Waals surface area (Å²) < 4.78 is 60.7. The maximum atomic E-state index is 13.1. The van der Waals surface area contributed by atoms with Crippen LogP contribution in [0.3, 0.4) is 0 Å². The van der Waals surface area contributed by atoms with Gasteiger partial charge in [-0.1, -0.05) is 0 Å². The molecule has 10 nitrogen and oxygen atoms in total. The molecule has 168 valence electrons. The summed E-state index contributed by atoms with van der Waals surface area (Å²) in [5.41, 5.74) is 0.711. The van der Waals surface area contributed by atoms with E-state index in [0.29, 0.717) is 31.7 Å². The lowest BCUT2D eigenvalue weighted by Gasteiger charge is -2.38. The molecular formula is C18H28N4O6S2. The molecule has 2 saturated heterocycles. The van der Waals surface area contributed by atoms with Crippen LogP contribution in [0.25, 0.3) is 0 Å². The van der Waals surface area contributed by atoms with Crippen molar-refractivity contribution in [3.8, 4) is 0 Å². The van der Waals surface area contributed by atoms with Crippen LogP contribution in [0, 0.1) is 6.92 Å². The first-order chi connectivity index (χ1) is 14.1. The second-order valence-corrected chi connectivity index (χ2v) is 11.3. The van der Waals surface area contributed by atoms with Crippen molar-refractivity contribution in [3.63, 3.8) is 0 Å². The van der Waals surface area contributed by atoms with Crippen molar-refractivity contribution < 1.29 is 26.4 Å². The standard InChI is InChI=1S/C18H28N4O6S2/c1-15-14-16(18(23)28-3)4-5-17(15)29(24,25)20-10-12-22(13-11-20)30(26,27)21-8-6-19(2)7-9-21/h4-5,14H,6-13H2,1-3H3. The van der Waals surface area contributed by atoms with Crippen molar-refractivity contribution >= 4 is 26.2 Å². The number of benzene rings is 1. The number of rotatable bonds is 5. The minimum atomic E-state index is -3.80. The first-order valence-electron chi connectivity index (χ1n) is 9.70. The van der Waals surface area contributed by atoms with E-state index >= 15 is 0 Å². The van der Waals surface area contributed by atoms with Crippen molar-refractivity contribution in [3.05, 3.63) is 29.3 Å². The zero-order valence-electron chi connectivity index (χ0n) is 17.4. The lowest BCUT2D eigenvalue weighted by molar-refractivity contribution is 0.0600. The minimum Gasteiger partial charge on any atom is -0.465 e. The SMILES string of the molecule is COC(=O)c1ccc(S(=O)(=O)N2CCN(S(=O)(=O)N3CCN(C)CC3)CC2)c(C)c1. The van der Waals surface area contributed by atoms with Crippen LogP contribution < -0.4 is 0 Å². The molecule has 0 radical (unpaired) electrons. The second kappa shape index (κ2) is 8.89. The fraction of sp³-hybridized carbons (Fsp3) is 0.611. The summed E-state index contributed by atoms with van der Waals surface area (Å²) in [6.07, 6.45) is 0. The molecule has 0 bridgehead atoms. The number of ether oxygens (including phenoxy) is 1. The van der Waals surface area contributed by atoms with Crippen molar-refractivity contribution in [2.45, 2.75) is 11.8 Å². The predicted octanol–water partition coefficient (Wildman–Crippen LogP) is -0.420. The van der Waals surface area contributed by atoms with Crippen LogP contribution in [0.2, 0.25) is 0 Å². The molecule has 0 N–H and O–H groups in total. The average Bonchev–Trinajstić information content (AvgIpc) is 2.73. The number of methoxy groups -OCH3 is 1. The van der Waals surface area contributed by atoms with Gasteiger partial charge in [0, 0.05) is 52.4 Å². The summed E-state index contributed by atoms with van der Waals surface area (Å²) in [6, 6.07) is 4.29. The van der Waals surface area contributed by atoms with Gasteiger partial charge in [-0.25, -0.2) is 13.2 Å². The Bertz CT molecular complexity index is 996. The Kier molecular flexibility index (Phi) is 6.84. The Morgan fingerprint density at radius 2 is 1.37 bits per heavy atom. The Balaban J connectivity index is 1.70. The maximum Gasteiger partial charge on any atom is 0.337 e. The first-order valence-corrected chi connectivity index (χ1v) is 12.5. The molecule has 0 amide bonds. The van der Waals surface area contributed by atoms with E-state index in [1.54, 1.807) is 6.92 Å². The highest BCUT2D eigenvalue weighted by atomic mass is 32.2. The van der Waals surface area contributed by atoms with E-state index in [9.17, 15) is 21.6 Å². The third-order valence-corrected chi connectivity index (χ3v) is 9.62. The average molecular weight is 461 g/mol. The van der Waals surface area contributed by atoms with Gasteiger partial charge in [-0.2, -0.15) is 21.3 Å². The highest BCUT2D eigenvalue weighted by Crippen LogP contribution is 2.24. The van der Waals surface area contributed by atoms with Gasteiger partial charge in [-0.15, -0.1) is 0 Å². The molecular weight excluding hydrogens is 432 g/mol. The fourth-order valence-electron chi connectivity index (χ4n) is 3.65. The maximum absolute atomic E-state index is 13.1. The van der Waals surface area contributed by atoms with Gasteiger partial charge in [-0.3, -0.25) is 0 Å². The van der Waals surface area contributed by atoms with E-state index in [1.807, 2.05) is 7.05 Å². The number of carbonyl (C=O) groups excluding carboxylic acids is 1. The Morgan fingerprint density at radius 1 is 0.867 bits per heavy atom. The van der Waals surface area contributed by atoms with Gasteiger partial charge in [-0.05, 0) is 37.7 Å². The van der Waals surface area contributed by atoms with E-state index < -0.39 is 26.2 Å². The topological polar surface area (TPSA) is 108 Å². The number of likely N-dealkylation sites (N-methyl/N-ethyl adjacent to an activating group) is 1. The van der Waals surface area contributed by atoms with E-state index in [2.05, 4.69) is 9.64 Å². The van der Waals surface area contributed by atoms with Crippen LogP contribution in [0.4, 0.5) is 0 Å².